The van der Waals surface area contributed by atoms with Crippen molar-refractivity contribution >= 4 is 5.97 Å². The Morgan fingerprint density at radius 3 is 2.33 bits per heavy atom. The van der Waals surface area contributed by atoms with Crippen LogP contribution in [0.5, 0.6) is 0 Å². The number of ether oxygens (including phenoxy) is 1. The molecule has 0 bridgehead atoms. The normalized spacial score (nSPS) is 13.6. The fraction of sp³-hybridized carbons (Fsp3) is 0.308. The first-order valence-electron chi connectivity index (χ1n) is 5.61. The van der Waals surface area contributed by atoms with Crippen LogP contribution in [0.1, 0.15) is 23.7 Å². The summed E-state index contributed by atoms with van der Waals surface area (Å²) in [6.07, 6.45) is -10.5. The van der Waals surface area contributed by atoms with Gasteiger partial charge >= 0.3 is 18.3 Å². The van der Waals surface area contributed by atoms with Gasteiger partial charge in [0.05, 0.1) is 5.56 Å². The Hall–Kier alpha value is -1.99. The SMILES string of the molecule is C=CCC(OC(=O)C(F)(F)F)c1cccc(C(F)(F)F)c1. The van der Waals surface area contributed by atoms with Gasteiger partial charge in [0.1, 0.15) is 6.10 Å². The highest BCUT2D eigenvalue weighted by molar-refractivity contribution is 5.75. The van der Waals surface area contributed by atoms with E-state index in [1.807, 2.05) is 0 Å². The third-order valence-electron chi connectivity index (χ3n) is 2.45. The first-order valence-corrected chi connectivity index (χ1v) is 5.61. The minimum atomic E-state index is -5.22. The third kappa shape index (κ3) is 4.80. The Morgan fingerprint density at radius 2 is 1.86 bits per heavy atom. The summed E-state index contributed by atoms with van der Waals surface area (Å²) in [6.45, 7) is 3.27. The Kier molecular flexibility index (Phi) is 5.03. The molecule has 8 heteroatoms. The van der Waals surface area contributed by atoms with Crippen molar-refractivity contribution in [3.05, 3.63) is 48.0 Å². The number of hydrogen-bond acceptors (Lipinski definition) is 2. The maximum Gasteiger partial charge on any atom is 0.490 e. The molecule has 2 nitrogen and oxygen atoms in total. The molecule has 0 spiro atoms. The Morgan fingerprint density at radius 1 is 1.24 bits per heavy atom. The molecule has 0 fully saturated rings. The molecule has 0 aromatic heterocycles. The second-order valence-electron chi connectivity index (χ2n) is 4.04. The van der Waals surface area contributed by atoms with E-state index >= 15 is 0 Å². The van der Waals surface area contributed by atoms with Crippen molar-refractivity contribution in [3.63, 3.8) is 0 Å². The van der Waals surface area contributed by atoms with Crippen LogP contribution in [0.15, 0.2) is 36.9 Å². The molecule has 0 aliphatic heterocycles. The molecular weight excluding hydrogens is 302 g/mol. The van der Waals surface area contributed by atoms with E-state index in [1.165, 1.54) is 0 Å². The van der Waals surface area contributed by atoms with Gasteiger partial charge in [-0.3, -0.25) is 0 Å². The van der Waals surface area contributed by atoms with E-state index in [4.69, 9.17) is 0 Å². The van der Waals surface area contributed by atoms with E-state index in [1.54, 1.807) is 0 Å². The molecule has 0 N–H and O–H groups in total. The van der Waals surface area contributed by atoms with Crippen LogP contribution in [-0.4, -0.2) is 12.1 Å². The number of carbonyl (C=O) groups excluding carboxylic acids is 1. The predicted octanol–water partition coefficient (Wildman–Crippen LogP) is 4.43. The van der Waals surface area contributed by atoms with Crippen LogP contribution in [0.3, 0.4) is 0 Å². The van der Waals surface area contributed by atoms with Gasteiger partial charge in [0.15, 0.2) is 0 Å². The predicted molar refractivity (Wildman–Crippen MR) is 61.1 cm³/mol. The lowest BCUT2D eigenvalue weighted by Gasteiger charge is -2.19. The molecule has 0 radical (unpaired) electrons. The molecule has 0 saturated carbocycles. The van der Waals surface area contributed by atoms with Crippen LogP contribution in [0, 0.1) is 0 Å². The lowest BCUT2D eigenvalue weighted by Crippen LogP contribution is -2.27. The van der Waals surface area contributed by atoms with Gasteiger partial charge in [0, 0.05) is 6.42 Å². The summed E-state index contributed by atoms with van der Waals surface area (Å²) in [5.41, 5.74) is -1.24. The van der Waals surface area contributed by atoms with Gasteiger partial charge in [-0.05, 0) is 17.7 Å². The molecule has 0 heterocycles. The number of rotatable bonds is 4. The standard InChI is InChI=1S/C13H10F6O2/c1-2-4-10(21-11(20)13(17,18)19)8-5-3-6-9(7-8)12(14,15)16/h2-3,5-7,10H,1,4H2. The number of hydrogen-bond donors (Lipinski definition) is 0. The van der Waals surface area contributed by atoms with E-state index in [9.17, 15) is 31.1 Å². The van der Waals surface area contributed by atoms with Crippen LogP contribution >= 0.6 is 0 Å². The van der Waals surface area contributed by atoms with Crippen LogP contribution in [0.25, 0.3) is 0 Å². The van der Waals surface area contributed by atoms with E-state index in [-0.39, 0.29) is 12.0 Å². The summed E-state index contributed by atoms with van der Waals surface area (Å²) in [5.74, 6) is -2.47. The monoisotopic (exact) mass is 312 g/mol. The fourth-order valence-electron chi connectivity index (χ4n) is 1.51. The van der Waals surface area contributed by atoms with Gasteiger partial charge in [0.25, 0.3) is 0 Å². The molecule has 0 aliphatic carbocycles. The average Bonchev–Trinajstić information content (AvgIpc) is 2.36. The molecule has 1 unspecified atom stereocenters. The molecule has 1 aromatic carbocycles. The van der Waals surface area contributed by atoms with Gasteiger partial charge in [0.2, 0.25) is 0 Å². The van der Waals surface area contributed by atoms with E-state index < -0.39 is 30.0 Å². The minimum Gasteiger partial charge on any atom is -0.451 e. The maximum absolute atomic E-state index is 12.6. The highest BCUT2D eigenvalue weighted by Gasteiger charge is 2.42. The Balaban J connectivity index is 3.06. The van der Waals surface area contributed by atoms with Crippen LogP contribution < -0.4 is 0 Å². The maximum atomic E-state index is 12.6. The Bertz CT molecular complexity index is 518. The van der Waals surface area contributed by atoms with Crippen molar-refractivity contribution in [2.75, 3.05) is 0 Å². The first kappa shape index (κ1) is 17.1. The van der Waals surface area contributed by atoms with Crippen molar-refractivity contribution in [2.24, 2.45) is 0 Å². The molecule has 0 amide bonds. The zero-order chi connectivity index (χ0) is 16.3. The fourth-order valence-corrected chi connectivity index (χ4v) is 1.51. The first-order chi connectivity index (χ1) is 9.55. The molecular formula is C13H10F6O2. The van der Waals surface area contributed by atoms with Gasteiger partial charge < -0.3 is 4.74 Å². The van der Waals surface area contributed by atoms with Gasteiger partial charge in [-0.25, -0.2) is 4.79 Å². The van der Waals surface area contributed by atoms with E-state index in [2.05, 4.69) is 11.3 Å². The quantitative estimate of drug-likeness (QED) is 0.467. The van der Waals surface area contributed by atoms with E-state index in [0.717, 1.165) is 24.3 Å². The van der Waals surface area contributed by atoms with Gasteiger partial charge in [-0.15, -0.1) is 6.58 Å². The Labute approximate surface area is 116 Å². The smallest absolute Gasteiger partial charge is 0.451 e. The summed E-state index contributed by atoms with van der Waals surface area (Å²) >= 11 is 0. The summed E-state index contributed by atoms with van der Waals surface area (Å²) in [6, 6.07) is 3.57. The second-order valence-corrected chi connectivity index (χ2v) is 4.04. The average molecular weight is 312 g/mol. The number of carbonyl (C=O) groups is 1. The molecule has 21 heavy (non-hydrogen) atoms. The lowest BCUT2D eigenvalue weighted by atomic mass is 10.0. The van der Waals surface area contributed by atoms with Crippen LogP contribution in [-0.2, 0) is 15.7 Å². The summed E-state index contributed by atoms with van der Waals surface area (Å²) in [7, 11) is 0. The van der Waals surface area contributed by atoms with Crippen molar-refractivity contribution < 1.29 is 35.9 Å². The summed E-state index contributed by atoms with van der Waals surface area (Å²) < 4.78 is 78.4. The highest BCUT2D eigenvalue weighted by atomic mass is 19.4. The van der Waals surface area contributed by atoms with Crippen LogP contribution in [0.4, 0.5) is 26.3 Å². The third-order valence-corrected chi connectivity index (χ3v) is 2.45. The van der Waals surface area contributed by atoms with Crippen molar-refractivity contribution in [1.82, 2.24) is 0 Å². The molecule has 1 rings (SSSR count). The largest absolute Gasteiger partial charge is 0.490 e. The summed E-state index contributed by atoms with van der Waals surface area (Å²) in [5, 5.41) is 0. The topological polar surface area (TPSA) is 26.3 Å². The number of esters is 1. The molecule has 0 aliphatic rings. The highest BCUT2D eigenvalue weighted by Crippen LogP contribution is 2.33. The second kappa shape index (κ2) is 6.19. The minimum absolute atomic E-state index is 0.192. The van der Waals surface area contributed by atoms with E-state index in [0.29, 0.717) is 6.07 Å². The van der Waals surface area contributed by atoms with Crippen molar-refractivity contribution in [3.8, 4) is 0 Å². The molecule has 0 saturated heterocycles. The van der Waals surface area contributed by atoms with Gasteiger partial charge in [-0.1, -0.05) is 18.2 Å². The summed E-state index contributed by atoms with van der Waals surface area (Å²) in [4.78, 5) is 10.8. The molecule has 1 aromatic rings. The number of alkyl halides is 6. The van der Waals surface area contributed by atoms with Gasteiger partial charge in [-0.2, -0.15) is 26.3 Å². The zero-order valence-electron chi connectivity index (χ0n) is 10.5. The number of halogens is 6. The lowest BCUT2D eigenvalue weighted by molar-refractivity contribution is -0.205. The van der Waals surface area contributed by atoms with Crippen molar-refractivity contribution in [2.45, 2.75) is 24.9 Å². The molecule has 1 atom stereocenters. The van der Waals surface area contributed by atoms with Crippen molar-refractivity contribution in [1.29, 1.82) is 0 Å². The number of benzene rings is 1. The van der Waals surface area contributed by atoms with Crippen LogP contribution in [0.2, 0.25) is 0 Å². The zero-order valence-corrected chi connectivity index (χ0v) is 10.5. The molecule has 116 valence electrons.